The zero-order valence-electron chi connectivity index (χ0n) is 15.8. The molecule has 0 aliphatic carbocycles. The van der Waals surface area contributed by atoms with Gasteiger partial charge >= 0.3 is 24.0 Å². The second-order valence-corrected chi connectivity index (χ2v) is 6.27. The average molecular weight is 422 g/mol. The number of hydrogen-bond acceptors (Lipinski definition) is 5. The SMILES string of the molecule is CCOc1ccccc1N1C(=O)C(=O)N(Cc2cccc(OCC(F)(F)F)c2)C1=O. The number of alkyl halides is 3. The number of carbonyl (C=O) groups is 3. The van der Waals surface area contributed by atoms with E-state index in [1.54, 1.807) is 25.1 Å². The smallest absolute Gasteiger partial charge is 0.422 e. The van der Waals surface area contributed by atoms with E-state index in [0.717, 1.165) is 4.90 Å². The minimum Gasteiger partial charge on any atom is -0.492 e. The first-order valence-corrected chi connectivity index (χ1v) is 8.91. The lowest BCUT2D eigenvalue weighted by molar-refractivity contribution is -0.153. The fourth-order valence-electron chi connectivity index (χ4n) is 2.86. The first kappa shape index (κ1) is 21.2. The molecule has 0 N–H and O–H groups in total. The molecule has 1 aliphatic rings. The van der Waals surface area contributed by atoms with Crippen molar-refractivity contribution in [1.29, 1.82) is 0 Å². The third kappa shape index (κ3) is 4.53. The average Bonchev–Trinajstić information content (AvgIpc) is 2.90. The summed E-state index contributed by atoms with van der Waals surface area (Å²) in [5, 5.41) is 0. The Morgan fingerprint density at radius 1 is 0.933 bits per heavy atom. The predicted molar refractivity (Wildman–Crippen MR) is 99.0 cm³/mol. The maximum absolute atomic E-state index is 12.8. The van der Waals surface area contributed by atoms with E-state index in [1.165, 1.54) is 30.3 Å². The Kier molecular flexibility index (Phi) is 5.95. The van der Waals surface area contributed by atoms with E-state index in [1.807, 2.05) is 0 Å². The lowest BCUT2D eigenvalue weighted by Gasteiger charge is -2.18. The lowest BCUT2D eigenvalue weighted by Crippen LogP contribution is -2.33. The van der Waals surface area contributed by atoms with Crippen LogP contribution in [0.25, 0.3) is 0 Å². The Balaban J connectivity index is 1.81. The number of amides is 4. The topological polar surface area (TPSA) is 76.2 Å². The molecule has 0 radical (unpaired) electrons. The molecule has 158 valence electrons. The number of rotatable bonds is 7. The zero-order chi connectivity index (χ0) is 21.9. The minimum absolute atomic E-state index is 0.0752. The summed E-state index contributed by atoms with van der Waals surface area (Å²) in [7, 11) is 0. The van der Waals surface area contributed by atoms with E-state index < -0.39 is 30.6 Å². The van der Waals surface area contributed by atoms with E-state index in [0.29, 0.717) is 10.5 Å². The van der Waals surface area contributed by atoms with Gasteiger partial charge in [0.15, 0.2) is 6.61 Å². The zero-order valence-corrected chi connectivity index (χ0v) is 15.8. The molecule has 2 aromatic carbocycles. The molecule has 7 nitrogen and oxygen atoms in total. The first-order chi connectivity index (χ1) is 14.2. The summed E-state index contributed by atoms with van der Waals surface area (Å²) in [6, 6.07) is 10.9. The Bertz CT molecular complexity index is 977. The van der Waals surface area contributed by atoms with Gasteiger partial charge in [0, 0.05) is 0 Å². The molecule has 1 heterocycles. The van der Waals surface area contributed by atoms with Crippen molar-refractivity contribution >= 4 is 23.5 Å². The van der Waals surface area contributed by atoms with Crippen LogP contribution in [0.1, 0.15) is 12.5 Å². The van der Waals surface area contributed by atoms with Gasteiger partial charge in [0.25, 0.3) is 0 Å². The van der Waals surface area contributed by atoms with Gasteiger partial charge < -0.3 is 9.47 Å². The Morgan fingerprint density at radius 2 is 1.67 bits per heavy atom. The van der Waals surface area contributed by atoms with Gasteiger partial charge in [0.1, 0.15) is 11.5 Å². The van der Waals surface area contributed by atoms with Crippen LogP contribution in [0.15, 0.2) is 48.5 Å². The largest absolute Gasteiger partial charge is 0.492 e. The summed E-state index contributed by atoms with van der Waals surface area (Å²) < 4.78 is 47.1. The molecule has 30 heavy (non-hydrogen) atoms. The van der Waals surface area contributed by atoms with Gasteiger partial charge in [-0.15, -0.1) is 0 Å². The van der Waals surface area contributed by atoms with Crippen LogP contribution in [0.2, 0.25) is 0 Å². The molecule has 0 saturated carbocycles. The lowest BCUT2D eigenvalue weighted by atomic mass is 10.2. The third-order valence-corrected chi connectivity index (χ3v) is 4.10. The summed E-state index contributed by atoms with van der Waals surface area (Å²) in [6.45, 7) is 0.240. The summed E-state index contributed by atoms with van der Waals surface area (Å²) >= 11 is 0. The molecule has 2 aromatic rings. The van der Waals surface area contributed by atoms with Gasteiger partial charge in [0.05, 0.1) is 18.8 Å². The molecule has 0 atom stereocenters. The highest BCUT2D eigenvalue weighted by molar-refractivity contribution is 6.52. The Labute approximate surface area is 169 Å². The van der Waals surface area contributed by atoms with Crippen LogP contribution in [0.3, 0.4) is 0 Å². The second-order valence-electron chi connectivity index (χ2n) is 6.27. The molecular weight excluding hydrogens is 405 g/mol. The maximum atomic E-state index is 12.8. The van der Waals surface area contributed by atoms with E-state index in [9.17, 15) is 27.6 Å². The number of imide groups is 2. The van der Waals surface area contributed by atoms with Gasteiger partial charge in [-0.2, -0.15) is 13.2 Å². The molecule has 4 amide bonds. The molecule has 1 aliphatic heterocycles. The molecule has 1 saturated heterocycles. The van der Waals surface area contributed by atoms with Crippen LogP contribution in [-0.4, -0.2) is 42.1 Å². The number of anilines is 1. The molecule has 10 heteroatoms. The van der Waals surface area contributed by atoms with Crippen LogP contribution in [0, 0.1) is 0 Å². The van der Waals surface area contributed by atoms with Crippen molar-refractivity contribution in [3.05, 3.63) is 54.1 Å². The monoisotopic (exact) mass is 422 g/mol. The number of carbonyl (C=O) groups excluding carboxylic acids is 3. The van der Waals surface area contributed by atoms with Gasteiger partial charge in [-0.25, -0.2) is 9.69 Å². The highest BCUT2D eigenvalue weighted by Gasteiger charge is 2.46. The van der Waals surface area contributed by atoms with Gasteiger partial charge in [-0.3, -0.25) is 14.5 Å². The van der Waals surface area contributed by atoms with Crippen LogP contribution in [0.4, 0.5) is 23.7 Å². The van der Waals surface area contributed by atoms with Crippen LogP contribution >= 0.6 is 0 Å². The summed E-state index contributed by atoms with van der Waals surface area (Å²) in [4.78, 5) is 39.1. The van der Waals surface area contributed by atoms with E-state index >= 15 is 0 Å². The number of benzene rings is 2. The molecule has 3 rings (SSSR count). The van der Waals surface area contributed by atoms with Crippen molar-refractivity contribution in [2.75, 3.05) is 18.1 Å². The number of hydrogen-bond donors (Lipinski definition) is 0. The first-order valence-electron chi connectivity index (χ1n) is 8.91. The molecule has 0 aromatic heterocycles. The van der Waals surface area contributed by atoms with E-state index in [4.69, 9.17) is 4.74 Å². The standard InChI is InChI=1S/C20H17F3N2O5/c1-2-29-16-9-4-3-8-15(16)25-18(27)17(26)24(19(25)28)11-13-6-5-7-14(10-13)30-12-20(21,22)23/h3-10H,2,11-12H2,1H3. The van der Waals surface area contributed by atoms with Crippen molar-refractivity contribution in [2.24, 2.45) is 0 Å². The number of urea groups is 1. The molecule has 0 spiro atoms. The number of nitrogens with zero attached hydrogens (tertiary/aromatic N) is 2. The second kappa shape index (κ2) is 8.44. The van der Waals surface area contributed by atoms with Crippen molar-refractivity contribution in [3.8, 4) is 11.5 Å². The van der Waals surface area contributed by atoms with E-state index in [-0.39, 0.29) is 30.3 Å². The van der Waals surface area contributed by atoms with Crippen LogP contribution in [-0.2, 0) is 16.1 Å². The Hall–Kier alpha value is -3.56. The molecule has 0 unspecified atom stereocenters. The highest BCUT2D eigenvalue weighted by Crippen LogP contribution is 2.32. The number of para-hydroxylation sites is 2. The summed E-state index contributed by atoms with van der Waals surface area (Å²) in [5.74, 6) is -1.91. The number of ether oxygens (including phenoxy) is 2. The molecule has 0 bridgehead atoms. The molecule has 1 fully saturated rings. The Morgan fingerprint density at radius 3 is 2.37 bits per heavy atom. The van der Waals surface area contributed by atoms with Crippen molar-refractivity contribution < 1.29 is 37.0 Å². The van der Waals surface area contributed by atoms with Crippen molar-refractivity contribution in [1.82, 2.24) is 4.90 Å². The van der Waals surface area contributed by atoms with Crippen molar-refractivity contribution in [3.63, 3.8) is 0 Å². The maximum Gasteiger partial charge on any atom is 0.422 e. The van der Waals surface area contributed by atoms with Gasteiger partial charge in [-0.05, 0) is 36.8 Å². The predicted octanol–water partition coefficient (Wildman–Crippen LogP) is 3.52. The summed E-state index contributed by atoms with van der Waals surface area (Å²) in [5.41, 5.74) is 0.455. The quantitative estimate of drug-likeness (QED) is 0.504. The summed E-state index contributed by atoms with van der Waals surface area (Å²) in [6.07, 6.45) is -4.50. The van der Waals surface area contributed by atoms with E-state index in [2.05, 4.69) is 4.74 Å². The fourth-order valence-corrected chi connectivity index (χ4v) is 2.86. The minimum atomic E-state index is -4.50. The van der Waals surface area contributed by atoms with Crippen LogP contribution < -0.4 is 14.4 Å². The van der Waals surface area contributed by atoms with Crippen molar-refractivity contribution in [2.45, 2.75) is 19.6 Å². The normalized spacial score (nSPS) is 14.5. The highest BCUT2D eigenvalue weighted by atomic mass is 19.4. The van der Waals surface area contributed by atoms with Gasteiger partial charge in [-0.1, -0.05) is 24.3 Å². The van der Waals surface area contributed by atoms with Crippen LogP contribution in [0.5, 0.6) is 11.5 Å². The van der Waals surface area contributed by atoms with Gasteiger partial charge in [0.2, 0.25) is 0 Å². The third-order valence-electron chi connectivity index (χ3n) is 4.10. The molecular formula is C20H17F3N2O5. The number of halogens is 3. The fraction of sp³-hybridized carbons (Fsp3) is 0.250.